The van der Waals surface area contributed by atoms with Crippen LogP contribution in [0.5, 0.6) is 0 Å². The average molecular weight is 410 g/mol. The van der Waals surface area contributed by atoms with Gasteiger partial charge in [-0.05, 0) is 43.2 Å². The molecule has 1 aromatic carbocycles. The summed E-state index contributed by atoms with van der Waals surface area (Å²) in [4.78, 5) is 16.7. The lowest BCUT2D eigenvalue weighted by Crippen LogP contribution is -2.16. The van der Waals surface area contributed by atoms with Crippen LogP contribution < -0.4 is 5.32 Å². The highest BCUT2D eigenvalue weighted by Crippen LogP contribution is 2.38. The minimum Gasteiger partial charge on any atom is -0.305 e. The van der Waals surface area contributed by atoms with Crippen LogP contribution in [0.4, 0.5) is 27.8 Å². The Bertz CT molecular complexity index is 1090. The zero-order valence-electron chi connectivity index (χ0n) is 14.9. The summed E-state index contributed by atoms with van der Waals surface area (Å²) in [6, 6.07) is 4.68. The fourth-order valence-corrected chi connectivity index (χ4v) is 3.58. The topological polar surface area (TPSA) is 59.3 Å². The van der Waals surface area contributed by atoms with Gasteiger partial charge in [-0.15, -0.1) is 0 Å². The Balaban J connectivity index is 1.77. The van der Waals surface area contributed by atoms with Crippen LogP contribution in [0.3, 0.4) is 0 Å². The number of alkyl halides is 3. The van der Waals surface area contributed by atoms with Crippen molar-refractivity contribution in [3.63, 3.8) is 0 Å². The maximum atomic E-state index is 13.4. The summed E-state index contributed by atoms with van der Waals surface area (Å²) >= 11 is 0. The van der Waals surface area contributed by atoms with Crippen LogP contribution in [0.2, 0.25) is 0 Å². The molecule has 0 atom stereocenters. The van der Waals surface area contributed by atoms with Gasteiger partial charge < -0.3 is 5.32 Å². The van der Waals surface area contributed by atoms with Crippen molar-refractivity contribution < 1.29 is 26.7 Å². The summed E-state index contributed by atoms with van der Waals surface area (Å²) in [5, 5.41) is 6.20. The molecule has 0 radical (unpaired) electrons. The van der Waals surface area contributed by atoms with Gasteiger partial charge >= 0.3 is 6.18 Å². The predicted molar refractivity (Wildman–Crippen MR) is 93.5 cm³/mol. The van der Waals surface area contributed by atoms with Crippen LogP contribution in [0.15, 0.2) is 30.3 Å². The van der Waals surface area contributed by atoms with Crippen LogP contribution >= 0.6 is 0 Å². The van der Waals surface area contributed by atoms with Gasteiger partial charge in [0.05, 0.1) is 5.69 Å². The van der Waals surface area contributed by atoms with E-state index in [-0.39, 0.29) is 22.9 Å². The van der Waals surface area contributed by atoms with E-state index < -0.39 is 29.4 Å². The van der Waals surface area contributed by atoms with E-state index in [0.717, 1.165) is 54.5 Å². The minimum absolute atomic E-state index is 0.0680. The quantitative estimate of drug-likeness (QED) is 0.623. The fraction of sp³-hybridized carbons (Fsp3) is 0.316. The molecule has 2 aromatic heterocycles. The van der Waals surface area contributed by atoms with Crippen molar-refractivity contribution in [2.75, 3.05) is 5.32 Å². The first-order chi connectivity index (χ1) is 13.7. The molecule has 0 spiro atoms. The Morgan fingerprint density at radius 3 is 2.45 bits per heavy atom. The van der Waals surface area contributed by atoms with E-state index >= 15 is 0 Å². The van der Waals surface area contributed by atoms with Gasteiger partial charge in [-0.1, -0.05) is 12.8 Å². The molecular formula is C19H15F5N4O. The van der Waals surface area contributed by atoms with Crippen molar-refractivity contribution in [2.45, 2.75) is 37.8 Å². The summed E-state index contributed by atoms with van der Waals surface area (Å²) in [7, 11) is 0. The van der Waals surface area contributed by atoms with Crippen molar-refractivity contribution in [3.8, 4) is 0 Å². The molecule has 1 saturated carbocycles. The highest BCUT2D eigenvalue weighted by Gasteiger charge is 2.34. The summed E-state index contributed by atoms with van der Waals surface area (Å²) in [5.41, 5.74) is -0.678. The fourth-order valence-electron chi connectivity index (χ4n) is 3.58. The Kier molecular flexibility index (Phi) is 4.71. The highest BCUT2D eigenvalue weighted by atomic mass is 19.4. The number of rotatable bonds is 3. The molecule has 0 unspecified atom stereocenters. The van der Waals surface area contributed by atoms with Crippen LogP contribution in [0.25, 0.3) is 5.65 Å². The molecule has 1 fully saturated rings. The minimum atomic E-state index is -4.62. The normalized spacial score (nSPS) is 15.2. The Hall–Kier alpha value is -3.04. The maximum Gasteiger partial charge on any atom is 0.435 e. The monoisotopic (exact) mass is 410 g/mol. The lowest BCUT2D eigenvalue weighted by molar-refractivity contribution is -0.141. The summed E-state index contributed by atoms with van der Waals surface area (Å²) in [6.07, 6.45) is -1.39. The smallest absolute Gasteiger partial charge is 0.305 e. The van der Waals surface area contributed by atoms with E-state index in [1.807, 2.05) is 0 Å². The van der Waals surface area contributed by atoms with Crippen molar-refractivity contribution in [3.05, 3.63) is 58.9 Å². The molecule has 1 aliphatic carbocycles. The van der Waals surface area contributed by atoms with E-state index in [9.17, 15) is 26.7 Å². The Labute approximate surface area is 161 Å². The molecule has 1 aliphatic rings. The number of carbonyl (C=O) groups is 1. The Morgan fingerprint density at radius 2 is 1.79 bits per heavy atom. The molecule has 5 nitrogen and oxygen atoms in total. The molecule has 3 aromatic rings. The second-order valence-corrected chi connectivity index (χ2v) is 6.90. The van der Waals surface area contributed by atoms with Crippen molar-refractivity contribution >= 4 is 17.4 Å². The molecule has 1 N–H and O–H groups in total. The van der Waals surface area contributed by atoms with Crippen LogP contribution in [0, 0.1) is 11.6 Å². The first-order valence-corrected chi connectivity index (χ1v) is 8.97. The zero-order valence-corrected chi connectivity index (χ0v) is 14.9. The summed E-state index contributed by atoms with van der Waals surface area (Å²) in [6.45, 7) is 0. The van der Waals surface area contributed by atoms with Crippen molar-refractivity contribution in [1.82, 2.24) is 14.6 Å². The lowest BCUT2D eigenvalue weighted by Gasteiger charge is -2.13. The highest BCUT2D eigenvalue weighted by molar-refractivity contribution is 6.04. The van der Waals surface area contributed by atoms with Crippen LogP contribution in [-0.2, 0) is 6.18 Å². The number of aromatic nitrogens is 3. The van der Waals surface area contributed by atoms with Crippen molar-refractivity contribution in [1.29, 1.82) is 0 Å². The molecule has 0 saturated heterocycles. The number of benzene rings is 1. The third kappa shape index (κ3) is 3.66. The molecule has 4 rings (SSSR count). The lowest BCUT2D eigenvalue weighted by atomic mass is 10.0. The van der Waals surface area contributed by atoms with Crippen LogP contribution in [-0.4, -0.2) is 20.5 Å². The molecule has 0 bridgehead atoms. The molecule has 0 aliphatic heterocycles. The SMILES string of the molecule is O=C(Nc1nc2ccc(C(F)(F)F)nn2c1C1CCCC1)c1ccc(F)c(F)c1. The van der Waals surface area contributed by atoms with Gasteiger partial charge in [0.15, 0.2) is 28.8 Å². The number of hydrogen-bond acceptors (Lipinski definition) is 3. The molecular weight excluding hydrogens is 395 g/mol. The number of fused-ring (bicyclic) bond motifs is 1. The first-order valence-electron chi connectivity index (χ1n) is 8.97. The largest absolute Gasteiger partial charge is 0.435 e. The third-order valence-electron chi connectivity index (χ3n) is 4.96. The molecule has 152 valence electrons. The number of amides is 1. The molecule has 1 amide bonds. The van der Waals surface area contributed by atoms with Gasteiger partial charge in [0.25, 0.3) is 5.91 Å². The number of nitrogens with one attached hydrogen (secondary N) is 1. The number of imidazole rings is 1. The van der Waals surface area contributed by atoms with Gasteiger partial charge in [-0.2, -0.15) is 18.3 Å². The average Bonchev–Trinajstić information content (AvgIpc) is 3.29. The number of carbonyl (C=O) groups excluding carboxylic acids is 1. The van der Waals surface area contributed by atoms with Gasteiger partial charge in [-0.25, -0.2) is 18.3 Å². The number of hydrogen-bond donors (Lipinski definition) is 1. The number of nitrogens with zero attached hydrogens (tertiary/aromatic N) is 3. The van der Waals surface area contributed by atoms with E-state index in [1.54, 1.807) is 0 Å². The molecule has 2 heterocycles. The summed E-state index contributed by atoms with van der Waals surface area (Å²) in [5.74, 6) is -3.08. The van der Waals surface area contributed by atoms with Gasteiger partial charge in [0, 0.05) is 11.5 Å². The van der Waals surface area contributed by atoms with E-state index in [0.29, 0.717) is 5.69 Å². The molecule has 10 heteroatoms. The van der Waals surface area contributed by atoms with Gasteiger partial charge in [-0.3, -0.25) is 4.79 Å². The number of halogens is 5. The summed E-state index contributed by atoms with van der Waals surface area (Å²) < 4.78 is 67.0. The second kappa shape index (κ2) is 7.09. The third-order valence-corrected chi connectivity index (χ3v) is 4.96. The number of anilines is 1. The standard InChI is InChI=1S/C19H15F5N4O/c20-12-6-5-11(9-13(12)21)18(29)26-17-16(10-3-1-2-4-10)28-15(25-17)8-7-14(27-28)19(22,23)24/h5-10H,1-4H2,(H,26,29). The van der Waals surface area contributed by atoms with E-state index in [1.165, 1.54) is 6.07 Å². The van der Waals surface area contributed by atoms with E-state index in [2.05, 4.69) is 15.4 Å². The van der Waals surface area contributed by atoms with Gasteiger partial charge in [0.2, 0.25) is 0 Å². The zero-order chi connectivity index (χ0) is 20.8. The van der Waals surface area contributed by atoms with Crippen molar-refractivity contribution in [2.24, 2.45) is 0 Å². The van der Waals surface area contributed by atoms with Gasteiger partial charge in [0.1, 0.15) is 0 Å². The predicted octanol–water partition coefficient (Wildman–Crippen LogP) is 4.94. The molecule has 29 heavy (non-hydrogen) atoms. The second-order valence-electron chi connectivity index (χ2n) is 6.90. The van der Waals surface area contributed by atoms with E-state index in [4.69, 9.17) is 0 Å². The van der Waals surface area contributed by atoms with Crippen LogP contribution in [0.1, 0.15) is 53.3 Å². The maximum absolute atomic E-state index is 13.4. The Morgan fingerprint density at radius 1 is 1.07 bits per heavy atom. The first kappa shape index (κ1) is 19.3.